The Morgan fingerprint density at radius 1 is 1.11 bits per heavy atom. The number of aromatic nitrogens is 1. The van der Waals surface area contributed by atoms with Crippen LogP contribution in [0.4, 0.5) is 10.5 Å². The van der Waals surface area contributed by atoms with Gasteiger partial charge in [0.25, 0.3) is 5.69 Å². The lowest BCUT2D eigenvalue weighted by atomic mass is 10.1. The fourth-order valence-corrected chi connectivity index (χ4v) is 2.80. The molecule has 0 atom stereocenters. The smallest absolute Gasteiger partial charge is 0.429 e. The number of hydrogen-bond donors (Lipinski definition) is 2. The Morgan fingerprint density at radius 2 is 1.79 bits per heavy atom. The van der Waals surface area contributed by atoms with E-state index in [1.807, 2.05) is 24.3 Å². The second-order valence-corrected chi connectivity index (χ2v) is 6.54. The number of nitrogens with one attached hydrogen (secondary N) is 1. The molecule has 0 aliphatic carbocycles. The fraction of sp³-hybridized carbons (Fsp3) is 0.0526. The van der Waals surface area contributed by atoms with Crippen molar-refractivity contribution in [1.82, 2.24) is 4.98 Å². The zero-order valence-electron chi connectivity index (χ0n) is 14.3. The first-order valence-electron chi connectivity index (χ1n) is 8.03. The molecule has 0 fully saturated rings. The van der Waals surface area contributed by atoms with Gasteiger partial charge in [-0.3, -0.25) is 10.1 Å². The SMILES string of the molecule is O=C(OCc1ccc(-c2[nH]ccc(=S)c2S)cc1)Oc1ccc([N+](=O)[O-])cc1. The van der Waals surface area contributed by atoms with Gasteiger partial charge in [-0.05, 0) is 29.3 Å². The second kappa shape index (κ2) is 8.68. The summed E-state index contributed by atoms with van der Waals surface area (Å²) in [5.41, 5.74) is 2.37. The molecular formula is C19H14N2O5S2. The Morgan fingerprint density at radius 3 is 2.43 bits per heavy atom. The van der Waals surface area contributed by atoms with E-state index in [1.165, 1.54) is 24.3 Å². The second-order valence-electron chi connectivity index (χ2n) is 5.65. The molecule has 0 bridgehead atoms. The van der Waals surface area contributed by atoms with Crippen molar-refractivity contribution in [2.24, 2.45) is 0 Å². The van der Waals surface area contributed by atoms with Crippen LogP contribution in [0.3, 0.4) is 0 Å². The molecule has 0 aliphatic heterocycles. The van der Waals surface area contributed by atoms with E-state index in [-0.39, 0.29) is 18.0 Å². The summed E-state index contributed by atoms with van der Waals surface area (Å²) in [5.74, 6) is 0.159. The molecule has 0 aliphatic rings. The van der Waals surface area contributed by atoms with Gasteiger partial charge >= 0.3 is 6.16 Å². The minimum absolute atomic E-state index is 0.0185. The summed E-state index contributed by atoms with van der Waals surface area (Å²) in [6, 6.07) is 14.2. The van der Waals surface area contributed by atoms with Crippen molar-refractivity contribution in [2.75, 3.05) is 0 Å². The van der Waals surface area contributed by atoms with Crippen LogP contribution >= 0.6 is 24.8 Å². The molecule has 9 heteroatoms. The third kappa shape index (κ3) is 4.76. The van der Waals surface area contributed by atoms with Crippen LogP contribution in [0.25, 0.3) is 11.3 Å². The summed E-state index contributed by atoms with van der Waals surface area (Å²) in [7, 11) is 0. The van der Waals surface area contributed by atoms with Crippen molar-refractivity contribution in [3.63, 3.8) is 0 Å². The number of rotatable bonds is 5. The van der Waals surface area contributed by atoms with E-state index in [0.29, 0.717) is 9.41 Å². The van der Waals surface area contributed by atoms with Gasteiger partial charge in [-0.2, -0.15) is 0 Å². The molecule has 7 nitrogen and oxygen atoms in total. The molecule has 0 unspecified atom stereocenters. The highest BCUT2D eigenvalue weighted by molar-refractivity contribution is 7.81. The fourth-order valence-electron chi connectivity index (χ4n) is 2.36. The van der Waals surface area contributed by atoms with Gasteiger partial charge in [0.05, 0.1) is 15.1 Å². The average molecular weight is 414 g/mol. The molecule has 3 rings (SSSR count). The topological polar surface area (TPSA) is 94.5 Å². The van der Waals surface area contributed by atoms with Crippen LogP contribution in [0.1, 0.15) is 5.56 Å². The molecule has 2 aromatic carbocycles. The Kier molecular flexibility index (Phi) is 6.07. The Balaban J connectivity index is 1.58. The summed E-state index contributed by atoms with van der Waals surface area (Å²) in [6.07, 6.45) is 0.852. The van der Waals surface area contributed by atoms with Crippen LogP contribution in [-0.4, -0.2) is 16.1 Å². The number of hydrogen-bond acceptors (Lipinski definition) is 7. The van der Waals surface area contributed by atoms with E-state index in [9.17, 15) is 14.9 Å². The summed E-state index contributed by atoms with van der Waals surface area (Å²) in [6.45, 7) is 0.0185. The Labute approximate surface area is 170 Å². The number of nitro benzene ring substituents is 1. The molecule has 0 radical (unpaired) electrons. The number of non-ortho nitro benzene ring substituents is 1. The van der Waals surface area contributed by atoms with E-state index >= 15 is 0 Å². The van der Waals surface area contributed by atoms with E-state index in [0.717, 1.165) is 16.8 Å². The molecule has 0 spiro atoms. The normalized spacial score (nSPS) is 10.3. The van der Waals surface area contributed by atoms with Crippen LogP contribution in [0, 0.1) is 14.6 Å². The van der Waals surface area contributed by atoms with Gasteiger partial charge in [-0.1, -0.05) is 36.5 Å². The lowest BCUT2D eigenvalue weighted by Gasteiger charge is -2.08. The maximum absolute atomic E-state index is 11.8. The van der Waals surface area contributed by atoms with Gasteiger partial charge in [0.15, 0.2) is 0 Å². The number of benzene rings is 2. The summed E-state index contributed by atoms with van der Waals surface area (Å²) >= 11 is 9.63. The minimum atomic E-state index is -0.900. The zero-order chi connectivity index (χ0) is 20.1. The maximum atomic E-state index is 11.8. The number of thiol groups is 1. The first kappa shape index (κ1) is 19.6. The Hall–Kier alpha value is -3.17. The number of nitro groups is 1. The van der Waals surface area contributed by atoms with E-state index < -0.39 is 11.1 Å². The van der Waals surface area contributed by atoms with Crippen LogP contribution in [-0.2, 0) is 11.3 Å². The Bertz CT molecular complexity index is 1060. The lowest BCUT2D eigenvalue weighted by molar-refractivity contribution is -0.384. The van der Waals surface area contributed by atoms with E-state index in [4.69, 9.17) is 21.7 Å². The zero-order valence-corrected chi connectivity index (χ0v) is 16.0. The molecule has 1 aromatic heterocycles. The van der Waals surface area contributed by atoms with Gasteiger partial charge in [0.1, 0.15) is 12.4 Å². The number of ether oxygens (including phenoxy) is 2. The number of pyridine rings is 1. The third-order valence-corrected chi connectivity index (χ3v) is 4.74. The van der Waals surface area contributed by atoms with Crippen LogP contribution in [0.5, 0.6) is 5.75 Å². The van der Waals surface area contributed by atoms with Crippen molar-refractivity contribution in [1.29, 1.82) is 0 Å². The van der Waals surface area contributed by atoms with Crippen molar-refractivity contribution in [2.45, 2.75) is 11.5 Å². The van der Waals surface area contributed by atoms with Gasteiger partial charge in [0, 0.05) is 23.2 Å². The van der Waals surface area contributed by atoms with Crippen molar-refractivity contribution >= 4 is 36.7 Å². The maximum Gasteiger partial charge on any atom is 0.514 e. The number of nitrogens with zero attached hydrogens (tertiary/aromatic N) is 1. The molecule has 28 heavy (non-hydrogen) atoms. The molecule has 1 N–H and O–H groups in total. The molecule has 0 saturated carbocycles. The van der Waals surface area contributed by atoms with Gasteiger partial charge in [-0.25, -0.2) is 4.79 Å². The standard InChI is InChI=1S/C19H14N2O5S2/c22-19(26-15-7-5-14(6-8-15)21(23)24)25-11-12-1-3-13(4-2-12)17-18(28)16(27)9-10-20-17/h1-10,28H,11H2,(H,20,27). The van der Waals surface area contributed by atoms with E-state index in [1.54, 1.807) is 12.3 Å². The molecule has 0 saturated heterocycles. The molecular weight excluding hydrogens is 400 g/mol. The van der Waals surface area contributed by atoms with E-state index in [2.05, 4.69) is 17.6 Å². The van der Waals surface area contributed by atoms with Crippen LogP contribution in [0.15, 0.2) is 65.7 Å². The summed E-state index contributed by atoms with van der Waals surface area (Å²) in [5, 5.41) is 10.6. The highest BCUT2D eigenvalue weighted by Gasteiger charge is 2.10. The first-order valence-corrected chi connectivity index (χ1v) is 8.88. The number of H-pyrrole nitrogens is 1. The van der Waals surface area contributed by atoms with Gasteiger partial charge in [-0.15, -0.1) is 12.6 Å². The highest BCUT2D eigenvalue weighted by atomic mass is 32.1. The van der Waals surface area contributed by atoms with Gasteiger partial charge in [0.2, 0.25) is 0 Å². The molecule has 0 amide bonds. The van der Waals surface area contributed by atoms with Crippen molar-refractivity contribution < 1.29 is 19.2 Å². The monoisotopic (exact) mass is 414 g/mol. The van der Waals surface area contributed by atoms with Gasteiger partial charge < -0.3 is 14.5 Å². The quantitative estimate of drug-likeness (QED) is 0.146. The van der Waals surface area contributed by atoms with Crippen LogP contribution < -0.4 is 4.74 Å². The molecule has 3 aromatic rings. The number of aromatic amines is 1. The average Bonchev–Trinajstić information content (AvgIpc) is 2.69. The summed E-state index contributed by atoms with van der Waals surface area (Å²) < 4.78 is 10.7. The molecule has 142 valence electrons. The number of carbonyl (C=O) groups is 1. The van der Waals surface area contributed by atoms with Crippen molar-refractivity contribution in [3.05, 3.63) is 81.0 Å². The third-order valence-electron chi connectivity index (χ3n) is 3.78. The highest BCUT2D eigenvalue weighted by Crippen LogP contribution is 2.25. The molecule has 1 heterocycles. The first-order chi connectivity index (χ1) is 13.4. The predicted octanol–water partition coefficient (Wildman–Crippen LogP) is 5.32. The number of carbonyl (C=O) groups excluding carboxylic acids is 1. The van der Waals surface area contributed by atoms with Crippen molar-refractivity contribution in [3.8, 4) is 17.0 Å². The lowest BCUT2D eigenvalue weighted by Crippen LogP contribution is -2.10. The van der Waals surface area contributed by atoms with Crippen LogP contribution in [0.2, 0.25) is 0 Å². The predicted molar refractivity (Wildman–Crippen MR) is 108 cm³/mol. The largest absolute Gasteiger partial charge is 0.514 e. The summed E-state index contributed by atoms with van der Waals surface area (Å²) in [4.78, 5) is 25.6. The minimum Gasteiger partial charge on any atom is -0.429 e.